The molecule has 0 saturated heterocycles. The summed E-state index contributed by atoms with van der Waals surface area (Å²) in [5.74, 6) is -0.471. The summed E-state index contributed by atoms with van der Waals surface area (Å²) < 4.78 is 5.54. The monoisotopic (exact) mass is 290 g/mol. The van der Waals surface area contributed by atoms with E-state index in [1.165, 1.54) is 12.1 Å². The number of oxazole rings is 1. The number of nitrogens with one attached hydrogen (secondary N) is 1. The van der Waals surface area contributed by atoms with E-state index in [2.05, 4.69) is 10.3 Å². The molecule has 3 rings (SSSR count). The molecule has 1 saturated carbocycles. The highest BCUT2D eigenvalue weighted by Crippen LogP contribution is 2.25. The summed E-state index contributed by atoms with van der Waals surface area (Å²) in [6.07, 6.45) is 3.54. The molecular formula is C15H18N2O4. The van der Waals surface area contributed by atoms with Gasteiger partial charge in [0, 0.05) is 6.54 Å². The zero-order chi connectivity index (χ0) is 14.8. The Bertz CT molecular complexity index is 644. The average molecular weight is 290 g/mol. The number of hydrogen-bond acceptors (Lipinski definition) is 5. The standard InChI is InChI=1S/C15H18N2O4/c18-11-4-1-9(2-5-11)8-16-15-17-12-6-3-10(14(19)20)7-13(12)21-15/h3,6-7,9,11,18H,1-2,4-5,8H2,(H,16,17)(H,19,20). The Morgan fingerprint density at radius 2 is 2.10 bits per heavy atom. The van der Waals surface area contributed by atoms with Crippen molar-refractivity contribution in [2.45, 2.75) is 31.8 Å². The van der Waals surface area contributed by atoms with Crippen LogP contribution >= 0.6 is 0 Å². The molecule has 21 heavy (non-hydrogen) atoms. The Morgan fingerprint density at radius 3 is 2.81 bits per heavy atom. The van der Waals surface area contributed by atoms with Crippen molar-refractivity contribution in [2.24, 2.45) is 5.92 Å². The van der Waals surface area contributed by atoms with Gasteiger partial charge in [-0.15, -0.1) is 0 Å². The number of anilines is 1. The van der Waals surface area contributed by atoms with Gasteiger partial charge in [0.05, 0.1) is 11.7 Å². The minimum Gasteiger partial charge on any atom is -0.478 e. The highest BCUT2D eigenvalue weighted by Gasteiger charge is 2.19. The SMILES string of the molecule is O=C(O)c1ccc2nc(NCC3CCC(O)CC3)oc2c1. The fraction of sp³-hybridized carbons (Fsp3) is 0.467. The van der Waals surface area contributed by atoms with Gasteiger partial charge in [0.1, 0.15) is 5.52 Å². The first-order valence-corrected chi connectivity index (χ1v) is 7.17. The summed E-state index contributed by atoms with van der Waals surface area (Å²) in [7, 11) is 0. The largest absolute Gasteiger partial charge is 0.478 e. The summed E-state index contributed by atoms with van der Waals surface area (Å²) >= 11 is 0. The van der Waals surface area contributed by atoms with Gasteiger partial charge in [-0.25, -0.2) is 4.79 Å². The molecule has 0 atom stereocenters. The van der Waals surface area contributed by atoms with E-state index in [1.54, 1.807) is 6.07 Å². The molecule has 6 heteroatoms. The van der Waals surface area contributed by atoms with E-state index in [4.69, 9.17) is 9.52 Å². The number of aliphatic hydroxyl groups is 1. The predicted molar refractivity (Wildman–Crippen MR) is 77.4 cm³/mol. The van der Waals surface area contributed by atoms with Crippen molar-refractivity contribution >= 4 is 23.1 Å². The number of carboxylic acids is 1. The second-order valence-electron chi connectivity index (χ2n) is 5.56. The molecule has 0 bridgehead atoms. The topological polar surface area (TPSA) is 95.6 Å². The van der Waals surface area contributed by atoms with Crippen LogP contribution in [0.2, 0.25) is 0 Å². The van der Waals surface area contributed by atoms with Crippen molar-refractivity contribution in [2.75, 3.05) is 11.9 Å². The first-order chi connectivity index (χ1) is 10.1. The third-order valence-electron chi connectivity index (χ3n) is 3.99. The van der Waals surface area contributed by atoms with E-state index in [-0.39, 0.29) is 11.7 Å². The van der Waals surface area contributed by atoms with Crippen molar-refractivity contribution in [3.05, 3.63) is 23.8 Å². The third kappa shape index (κ3) is 3.16. The van der Waals surface area contributed by atoms with Gasteiger partial charge in [-0.3, -0.25) is 0 Å². The van der Waals surface area contributed by atoms with Crippen LogP contribution in [0.3, 0.4) is 0 Å². The van der Waals surface area contributed by atoms with Crippen LogP contribution < -0.4 is 5.32 Å². The number of benzene rings is 1. The first kappa shape index (κ1) is 13.9. The fourth-order valence-corrected chi connectivity index (χ4v) is 2.71. The maximum Gasteiger partial charge on any atom is 0.335 e. The lowest BCUT2D eigenvalue weighted by Crippen LogP contribution is -2.23. The zero-order valence-corrected chi connectivity index (χ0v) is 11.6. The van der Waals surface area contributed by atoms with Gasteiger partial charge < -0.3 is 19.9 Å². The Morgan fingerprint density at radius 1 is 1.33 bits per heavy atom. The van der Waals surface area contributed by atoms with E-state index in [1.807, 2.05) is 0 Å². The molecule has 1 heterocycles. The van der Waals surface area contributed by atoms with E-state index in [0.29, 0.717) is 23.0 Å². The second-order valence-corrected chi connectivity index (χ2v) is 5.56. The maximum absolute atomic E-state index is 10.9. The van der Waals surface area contributed by atoms with Gasteiger partial charge in [-0.05, 0) is 49.8 Å². The number of fused-ring (bicyclic) bond motifs is 1. The van der Waals surface area contributed by atoms with Crippen molar-refractivity contribution in [1.82, 2.24) is 4.98 Å². The van der Waals surface area contributed by atoms with Crippen molar-refractivity contribution in [3.8, 4) is 0 Å². The molecule has 1 aromatic carbocycles. The van der Waals surface area contributed by atoms with Crippen LogP contribution in [0.25, 0.3) is 11.1 Å². The van der Waals surface area contributed by atoms with Gasteiger partial charge >= 0.3 is 5.97 Å². The molecule has 0 unspecified atom stereocenters. The maximum atomic E-state index is 10.9. The highest BCUT2D eigenvalue weighted by molar-refractivity contribution is 5.92. The van der Waals surface area contributed by atoms with Crippen LogP contribution in [0.1, 0.15) is 36.0 Å². The second kappa shape index (κ2) is 5.73. The van der Waals surface area contributed by atoms with Gasteiger partial charge in [0.2, 0.25) is 0 Å². The minimum atomic E-state index is -0.983. The smallest absolute Gasteiger partial charge is 0.335 e. The first-order valence-electron chi connectivity index (χ1n) is 7.17. The van der Waals surface area contributed by atoms with E-state index >= 15 is 0 Å². The van der Waals surface area contributed by atoms with Crippen LogP contribution in [-0.4, -0.2) is 33.8 Å². The molecule has 3 N–H and O–H groups in total. The fourth-order valence-electron chi connectivity index (χ4n) is 2.71. The molecule has 6 nitrogen and oxygen atoms in total. The number of carboxylic acid groups (broad SMARTS) is 1. The molecular weight excluding hydrogens is 272 g/mol. The molecule has 1 aromatic heterocycles. The van der Waals surface area contributed by atoms with Crippen LogP contribution in [0.4, 0.5) is 6.01 Å². The van der Waals surface area contributed by atoms with Crippen LogP contribution in [0.15, 0.2) is 22.6 Å². The Labute approximate surface area is 121 Å². The van der Waals surface area contributed by atoms with E-state index in [0.717, 1.165) is 32.2 Å². The summed E-state index contributed by atoms with van der Waals surface area (Å²) in [5, 5.41) is 21.6. The van der Waals surface area contributed by atoms with Crippen molar-refractivity contribution < 1.29 is 19.4 Å². The molecule has 2 aromatic rings. The summed E-state index contributed by atoms with van der Waals surface area (Å²) in [6, 6.07) is 5.05. The molecule has 1 aliphatic rings. The molecule has 112 valence electrons. The number of hydrogen-bond donors (Lipinski definition) is 3. The zero-order valence-electron chi connectivity index (χ0n) is 11.6. The van der Waals surface area contributed by atoms with Gasteiger partial charge in [0.15, 0.2) is 5.58 Å². The lowest BCUT2D eigenvalue weighted by Gasteiger charge is -2.25. The molecule has 0 spiro atoms. The molecule has 0 amide bonds. The minimum absolute atomic E-state index is 0.153. The van der Waals surface area contributed by atoms with Crippen LogP contribution in [-0.2, 0) is 0 Å². The van der Waals surface area contributed by atoms with Crippen LogP contribution in [0.5, 0.6) is 0 Å². The van der Waals surface area contributed by atoms with Gasteiger partial charge in [0.25, 0.3) is 6.01 Å². The number of rotatable bonds is 4. The predicted octanol–water partition coefficient (Wildman–Crippen LogP) is 2.49. The van der Waals surface area contributed by atoms with Gasteiger partial charge in [-0.1, -0.05) is 0 Å². The van der Waals surface area contributed by atoms with E-state index < -0.39 is 5.97 Å². The van der Waals surface area contributed by atoms with Crippen molar-refractivity contribution in [3.63, 3.8) is 0 Å². The number of aromatic carboxylic acids is 1. The van der Waals surface area contributed by atoms with E-state index in [9.17, 15) is 9.90 Å². The summed E-state index contributed by atoms with van der Waals surface area (Å²) in [4.78, 5) is 15.2. The number of carbonyl (C=O) groups is 1. The van der Waals surface area contributed by atoms with Crippen molar-refractivity contribution in [1.29, 1.82) is 0 Å². The Balaban J connectivity index is 1.66. The Kier molecular flexibility index (Phi) is 3.79. The highest BCUT2D eigenvalue weighted by atomic mass is 16.4. The van der Waals surface area contributed by atoms with Crippen LogP contribution in [0, 0.1) is 5.92 Å². The summed E-state index contributed by atoms with van der Waals surface area (Å²) in [6.45, 7) is 0.755. The number of aliphatic hydroxyl groups excluding tert-OH is 1. The molecule has 1 aliphatic carbocycles. The lowest BCUT2D eigenvalue weighted by molar-refractivity contribution is 0.0697. The quantitative estimate of drug-likeness (QED) is 0.800. The summed E-state index contributed by atoms with van der Waals surface area (Å²) in [5.41, 5.74) is 1.30. The molecule has 0 radical (unpaired) electrons. The average Bonchev–Trinajstić information content (AvgIpc) is 2.88. The number of aromatic nitrogens is 1. The Hall–Kier alpha value is -2.08. The molecule has 1 fully saturated rings. The number of nitrogens with zero attached hydrogens (tertiary/aromatic N) is 1. The normalized spacial score (nSPS) is 22.3. The lowest BCUT2D eigenvalue weighted by atomic mass is 9.87. The molecule has 0 aliphatic heterocycles. The van der Waals surface area contributed by atoms with Gasteiger partial charge in [-0.2, -0.15) is 4.98 Å². The third-order valence-corrected chi connectivity index (χ3v) is 3.99.